The zero-order valence-corrected chi connectivity index (χ0v) is 12.1. The Bertz CT molecular complexity index is 719. The normalized spacial score (nSPS) is 10.6. The summed E-state index contributed by atoms with van der Waals surface area (Å²) in [4.78, 5) is 21.8. The Morgan fingerprint density at radius 3 is 2.77 bits per heavy atom. The monoisotopic (exact) mass is 319 g/mol. The fourth-order valence-corrected chi connectivity index (χ4v) is 1.82. The molecule has 1 N–H and O–H groups in total. The number of aromatic nitrogens is 1. The Morgan fingerprint density at radius 2 is 2.09 bits per heavy atom. The van der Waals surface area contributed by atoms with Gasteiger partial charge in [0, 0.05) is 34.9 Å². The highest BCUT2D eigenvalue weighted by Gasteiger charge is 2.09. The minimum atomic E-state index is -0.529. The Labute approximate surface area is 131 Å². The molecule has 1 heterocycles. The number of nitro benzene ring substituents is 1. The van der Waals surface area contributed by atoms with E-state index in [4.69, 9.17) is 11.6 Å². The summed E-state index contributed by atoms with van der Waals surface area (Å²) in [5.74, 6) is -0.325. The van der Waals surface area contributed by atoms with E-state index in [2.05, 4.69) is 10.5 Å². The molecule has 1 aromatic heterocycles. The number of nitrogens with one attached hydrogen (secondary N) is 1. The van der Waals surface area contributed by atoms with Crippen molar-refractivity contribution in [3.63, 3.8) is 0 Å². The largest absolute Gasteiger partial charge is 0.305 e. The number of nitrogens with zero attached hydrogens (tertiary/aromatic N) is 3. The maximum atomic E-state index is 11.7. The first-order valence-electron chi connectivity index (χ1n) is 6.26. The molecule has 112 valence electrons. The van der Waals surface area contributed by atoms with E-state index in [1.807, 2.05) is 6.07 Å². The van der Waals surface area contributed by atoms with E-state index in [1.54, 1.807) is 29.1 Å². The third-order valence-corrected chi connectivity index (χ3v) is 3.03. The maximum Gasteiger partial charge on any atom is 0.305 e. The predicted octanol–water partition coefficient (Wildman–Crippen LogP) is 1.69. The van der Waals surface area contributed by atoms with Crippen molar-refractivity contribution in [3.05, 3.63) is 69.5 Å². The second kappa shape index (κ2) is 7.28. The van der Waals surface area contributed by atoms with Gasteiger partial charge in [0.2, 0.25) is 6.54 Å². The molecule has 0 saturated carbocycles. The van der Waals surface area contributed by atoms with Crippen LogP contribution in [0.1, 0.15) is 5.56 Å². The molecule has 0 radical (unpaired) electrons. The van der Waals surface area contributed by atoms with Gasteiger partial charge >= 0.3 is 5.91 Å². The first kappa shape index (κ1) is 15.6. The molecule has 7 nitrogen and oxygen atoms in total. The van der Waals surface area contributed by atoms with Crippen LogP contribution in [-0.4, -0.2) is 17.0 Å². The summed E-state index contributed by atoms with van der Waals surface area (Å²) in [6.45, 7) is 0.112. The van der Waals surface area contributed by atoms with Gasteiger partial charge in [-0.1, -0.05) is 17.7 Å². The first-order chi connectivity index (χ1) is 10.6. The van der Waals surface area contributed by atoms with Crippen LogP contribution in [0.25, 0.3) is 0 Å². The third kappa shape index (κ3) is 4.35. The van der Waals surface area contributed by atoms with Crippen molar-refractivity contribution in [2.45, 2.75) is 6.54 Å². The summed E-state index contributed by atoms with van der Waals surface area (Å²) < 4.78 is 1.69. The lowest BCUT2D eigenvalue weighted by Gasteiger charge is -1.99. The second-order valence-electron chi connectivity index (χ2n) is 4.30. The van der Waals surface area contributed by atoms with Crippen LogP contribution in [0.5, 0.6) is 0 Å². The molecule has 0 unspecified atom stereocenters. The quantitative estimate of drug-likeness (QED) is 0.393. The van der Waals surface area contributed by atoms with Crippen molar-refractivity contribution in [2.24, 2.45) is 5.10 Å². The summed E-state index contributed by atoms with van der Waals surface area (Å²) in [6.07, 6.45) is 4.77. The first-order valence-corrected chi connectivity index (χ1v) is 6.64. The van der Waals surface area contributed by atoms with E-state index >= 15 is 0 Å². The van der Waals surface area contributed by atoms with Crippen LogP contribution in [0.4, 0.5) is 5.69 Å². The van der Waals surface area contributed by atoms with Gasteiger partial charge in [-0.25, -0.2) is 5.43 Å². The molecule has 0 aliphatic rings. The highest BCUT2D eigenvalue weighted by atomic mass is 35.5. The Balaban J connectivity index is 1.99. The van der Waals surface area contributed by atoms with E-state index in [1.165, 1.54) is 24.4 Å². The number of hydrazone groups is 1. The second-order valence-corrected chi connectivity index (χ2v) is 4.71. The number of nitro groups is 1. The van der Waals surface area contributed by atoms with Crippen LogP contribution in [0, 0.1) is 10.1 Å². The molecule has 0 aliphatic heterocycles. The summed E-state index contributed by atoms with van der Waals surface area (Å²) in [6, 6.07) is 9.44. The molecule has 0 aliphatic carbocycles. The number of non-ortho nitro benzene ring substituents is 1. The molecule has 22 heavy (non-hydrogen) atoms. The maximum absolute atomic E-state index is 11.7. The predicted molar refractivity (Wildman–Crippen MR) is 80.5 cm³/mol. The number of rotatable bonds is 5. The third-order valence-electron chi connectivity index (χ3n) is 2.69. The van der Waals surface area contributed by atoms with Crippen LogP contribution in [0.3, 0.4) is 0 Å². The molecule has 2 rings (SSSR count). The smallest absolute Gasteiger partial charge is 0.266 e. The van der Waals surface area contributed by atoms with Gasteiger partial charge < -0.3 is 0 Å². The van der Waals surface area contributed by atoms with Crippen molar-refractivity contribution >= 4 is 29.4 Å². The van der Waals surface area contributed by atoms with Crippen molar-refractivity contribution in [1.29, 1.82) is 0 Å². The Morgan fingerprint density at radius 1 is 1.36 bits per heavy atom. The lowest BCUT2D eigenvalue weighted by atomic mass is 10.2. The van der Waals surface area contributed by atoms with E-state index in [-0.39, 0.29) is 18.1 Å². The highest BCUT2D eigenvalue weighted by Crippen LogP contribution is 2.20. The highest BCUT2D eigenvalue weighted by molar-refractivity contribution is 6.33. The average Bonchev–Trinajstić information content (AvgIpc) is 2.50. The van der Waals surface area contributed by atoms with Gasteiger partial charge in [0.05, 0.1) is 11.1 Å². The summed E-state index contributed by atoms with van der Waals surface area (Å²) >= 11 is 5.92. The van der Waals surface area contributed by atoms with Crippen LogP contribution in [0.15, 0.2) is 53.9 Å². The van der Waals surface area contributed by atoms with Crippen molar-refractivity contribution in [1.82, 2.24) is 5.43 Å². The van der Waals surface area contributed by atoms with Gasteiger partial charge in [-0.3, -0.25) is 14.9 Å². The number of hydrogen-bond donors (Lipinski definition) is 1. The SMILES string of the molecule is O=C(C[n+]1ccccc1)N/N=C/c1cc([N+](=O)[O-])ccc1Cl. The molecule has 0 saturated heterocycles. The van der Waals surface area contributed by atoms with Crippen LogP contribution in [0.2, 0.25) is 5.02 Å². The van der Waals surface area contributed by atoms with Gasteiger partial charge in [-0.2, -0.15) is 9.67 Å². The molecule has 0 fully saturated rings. The average molecular weight is 320 g/mol. The molecule has 0 spiro atoms. The van der Waals surface area contributed by atoms with Crippen LogP contribution in [-0.2, 0) is 11.3 Å². The molecule has 8 heteroatoms. The lowest BCUT2D eigenvalue weighted by Crippen LogP contribution is -2.40. The molecule has 0 bridgehead atoms. The van der Waals surface area contributed by atoms with Crippen molar-refractivity contribution in [3.8, 4) is 0 Å². The molecule has 1 aromatic carbocycles. The number of halogens is 1. The zero-order valence-electron chi connectivity index (χ0n) is 11.3. The van der Waals surface area contributed by atoms with Gasteiger partial charge in [-0.15, -0.1) is 0 Å². The number of pyridine rings is 1. The number of hydrogen-bond acceptors (Lipinski definition) is 4. The minimum Gasteiger partial charge on any atom is -0.266 e. The lowest BCUT2D eigenvalue weighted by molar-refractivity contribution is -0.684. The molecule has 0 atom stereocenters. The van der Waals surface area contributed by atoms with Gasteiger partial charge in [0.1, 0.15) is 0 Å². The number of benzene rings is 1. The fraction of sp³-hybridized carbons (Fsp3) is 0.0714. The fourth-order valence-electron chi connectivity index (χ4n) is 1.66. The van der Waals surface area contributed by atoms with Crippen molar-refractivity contribution < 1.29 is 14.3 Å². The molecular weight excluding hydrogens is 308 g/mol. The summed E-state index contributed by atoms with van der Waals surface area (Å²) in [5, 5.41) is 14.8. The van der Waals surface area contributed by atoms with Crippen LogP contribution >= 0.6 is 11.6 Å². The summed E-state index contributed by atoms with van der Waals surface area (Å²) in [5.41, 5.74) is 2.59. The summed E-state index contributed by atoms with van der Waals surface area (Å²) in [7, 11) is 0. The van der Waals surface area contributed by atoms with E-state index in [0.717, 1.165) is 0 Å². The van der Waals surface area contributed by atoms with E-state index < -0.39 is 4.92 Å². The van der Waals surface area contributed by atoms with Crippen LogP contribution < -0.4 is 9.99 Å². The van der Waals surface area contributed by atoms with Gasteiger partial charge in [0.15, 0.2) is 12.4 Å². The standard InChI is InChI=1S/C14H11ClN4O3/c15-13-5-4-12(19(21)22)8-11(13)9-16-17-14(20)10-18-6-2-1-3-7-18/h1-9H,10H2/p+1/b16-9+. The van der Waals surface area contributed by atoms with Gasteiger partial charge in [-0.05, 0) is 6.07 Å². The molecule has 2 aromatic rings. The molecular formula is C14H12ClN4O3+. The molecule has 1 amide bonds. The zero-order chi connectivity index (χ0) is 15.9. The Kier molecular flexibility index (Phi) is 5.16. The minimum absolute atomic E-state index is 0.1000. The number of amides is 1. The Hall–Kier alpha value is -2.80. The topological polar surface area (TPSA) is 88.5 Å². The number of carbonyl (C=O) groups excluding carboxylic acids is 1. The van der Waals surface area contributed by atoms with E-state index in [9.17, 15) is 14.9 Å². The number of carbonyl (C=O) groups is 1. The van der Waals surface area contributed by atoms with Gasteiger partial charge in [0.25, 0.3) is 5.69 Å². The van der Waals surface area contributed by atoms with E-state index in [0.29, 0.717) is 10.6 Å². The van der Waals surface area contributed by atoms with Crippen molar-refractivity contribution in [2.75, 3.05) is 0 Å².